The van der Waals surface area contributed by atoms with Crippen LogP contribution in [0.2, 0.25) is 0 Å². The fourth-order valence-corrected chi connectivity index (χ4v) is 2.66. The summed E-state index contributed by atoms with van der Waals surface area (Å²) in [5.41, 5.74) is -0.545. The average molecular weight is 379 g/mol. The van der Waals surface area contributed by atoms with E-state index in [4.69, 9.17) is 0 Å². The molecule has 0 saturated carbocycles. The van der Waals surface area contributed by atoms with E-state index in [-0.39, 0.29) is 36.5 Å². The Morgan fingerprint density at radius 1 is 1.00 bits per heavy atom. The number of unbranched alkanes of at least 4 members (excludes halogenated alkanes) is 2. The lowest BCUT2D eigenvalue weighted by Crippen LogP contribution is -2.47. The maximum atomic E-state index is 12.0. The second-order valence-corrected chi connectivity index (χ2v) is 7.65. The summed E-state index contributed by atoms with van der Waals surface area (Å²) in [5, 5.41) is 5.10. The van der Waals surface area contributed by atoms with Gasteiger partial charge in [-0.1, -0.05) is 27.2 Å². The van der Waals surface area contributed by atoms with Crippen molar-refractivity contribution in [1.29, 1.82) is 0 Å². The van der Waals surface area contributed by atoms with Crippen LogP contribution in [0, 0.1) is 5.41 Å². The summed E-state index contributed by atoms with van der Waals surface area (Å²) in [6.07, 6.45) is 4.65. The van der Waals surface area contributed by atoms with Crippen molar-refractivity contribution >= 4 is 29.4 Å². The topological polar surface area (TPSA) is 113 Å². The van der Waals surface area contributed by atoms with Crippen LogP contribution in [0.4, 0.5) is 0 Å². The largest absolute Gasteiger partial charge is 0.347 e. The van der Waals surface area contributed by atoms with Crippen molar-refractivity contribution in [2.24, 2.45) is 5.41 Å². The van der Waals surface area contributed by atoms with Gasteiger partial charge in [-0.25, -0.2) is 0 Å². The van der Waals surface area contributed by atoms with Crippen LogP contribution in [0.15, 0.2) is 12.2 Å². The van der Waals surface area contributed by atoms with Crippen molar-refractivity contribution in [3.05, 3.63) is 12.2 Å². The van der Waals surface area contributed by atoms with Gasteiger partial charge in [-0.3, -0.25) is 28.9 Å². The predicted molar refractivity (Wildman–Crippen MR) is 99.4 cm³/mol. The van der Waals surface area contributed by atoms with Crippen LogP contribution >= 0.6 is 0 Å². The van der Waals surface area contributed by atoms with Gasteiger partial charge in [0.25, 0.3) is 11.8 Å². The third kappa shape index (κ3) is 7.72. The number of hydrogen-bond acceptors (Lipinski definition) is 5. The van der Waals surface area contributed by atoms with Crippen molar-refractivity contribution in [3.8, 4) is 0 Å². The van der Waals surface area contributed by atoms with Gasteiger partial charge in [0.2, 0.25) is 11.8 Å². The highest BCUT2D eigenvalue weighted by Crippen LogP contribution is 2.16. The van der Waals surface area contributed by atoms with E-state index in [2.05, 4.69) is 10.6 Å². The molecule has 0 saturated heterocycles. The van der Waals surface area contributed by atoms with Gasteiger partial charge in [0.1, 0.15) is 0 Å². The minimum Gasteiger partial charge on any atom is -0.347 e. The Kier molecular flexibility index (Phi) is 8.33. The van der Waals surface area contributed by atoms with Gasteiger partial charge in [-0.2, -0.15) is 0 Å². The monoisotopic (exact) mass is 379 g/mol. The first-order valence-electron chi connectivity index (χ1n) is 9.16. The van der Waals surface area contributed by atoms with Gasteiger partial charge in [0, 0.05) is 30.5 Å². The smallest absolute Gasteiger partial charge is 0.253 e. The number of rotatable bonds is 10. The number of ketones is 1. The molecule has 150 valence electrons. The molecule has 1 unspecified atom stereocenters. The summed E-state index contributed by atoms with van der Waals surface area (Å²) in [6.45, 7) is 7.14. The summed E-state index contributed by atoms with van der Waals surface area (Å²) < 4.78 is 0. The fraction of sp³-hybridized carbons (Fsp3) is 0.632. The molecule has 0 aromatic rings. The molecule has 1 aliphatic heterocycles. The summed E-state index contributed by atoms with van der Waals surface area (Å²) in [7, 11) is 0. The molecule has 8 nitrogen and oxygen atoms in total. The minimum atomic E-state index is -0.611. The van der Waals surface area contributed by atoms with Gasteiger partial charge >= 0.3 is 0 Å². The van der Waals surface area contributed by atoms with Gasteiger partial charge < -0.3 is 10.6 Å². The van der Waals surface area contributed by atoms with E-state index in [1.54, 1.807) is 27.7 Å². The molecular formula is C19H29N3O5. The first kappa shape index (κ1) is 22.5. The van der Waals surface area contributed by atoms with Gasteiger partial charge in [0.05, 0.1) is 12.6 Å². The maximum Gasteiger partial charge on any atom is 0.253 e. The molecule has 0 spiro atoms. The minimum absolute atomic E-state index is 0.0765. The number of carbonyl (C=O) groups is 5. The van der Waals surface area contributed by atoms with Crippen molar-refractivity contribution in [2.45, 2.75) is 59.4 Å². The van der Waals surface area contributed by atoms with E-state index in [1.165, 1.54) is 17.1 Å². The van der Waals surface area contributed by atoms with Crippen molar-refractivity contribution < 1.29 is 24.0 Å². The highest BCUT2D eigenvalue weighted by molar-refractivity contribution is 6.12. The lowest BCUT2D eigenvalue weighted by molar-refractivity contribution is -0.137. The zero-order valence-electron chi connectivity index (χ0n) is 16.5. The number of imide groups is 1. The molecular weight excluding hydrogens is 350 g/mol. The zero-order valence-corrected chi connectivity index (χ0v) is 16.5. The Labute approximate surface area is 159 Å². The third-order valence-electron chi connectivity index (χ3n) is 4.14. The quantitative estimate of drug-likeness (QED) is 0.429. The highest BCUT2D eigenvalue weighted by Gasteiger charge is 2.27. The van der Waals surface area contributed by atoms with E-state index < -0.39 is 17.4 Å². The molecule has 1 aliphatic rings. The van der Waals surface area contributed by atoms with E-state index in [0.29, 0.717) is 25.8 Å². The zero-order chi connectivity index (χ0) is 20.6. The molecule has 0 aromatic heterocycles. The third-order valence-corrected chi connectivity index (χ3v) is 4.14. The average Bonchev–Trinajstić information content (AvgIpc) is 2.89. The van der Waals surface area contributed by atoms with Crippen molar-refractivity contribution in [2.75, 3.05) is 13.1 Å². The number of nitrogens with one attached hydrogen (secondary N) is 2. The van der Waals surface area contributed by atoms with Crippen molar-refractivity contribution in [1.82, 2.24) is 15.5 Å². The first-order chi connectivity index (χ1) is 12.5. The summed E-state index contributed by atoms with van der Waals surface area (Å²) in [4.78, 5) is 59.5. The lowest BCUT2D eigenvalue weighted by atomic mass is 9.87. The normalized spacial score (nSPS) is 15.0. The Hall–Kier alpha value is -2.51. The molecule has 1 rings (SSSR count). The SMILES string of the molecule is CC(NC(=O)CNC(=O)CCCCCN1C(=O)C=CC1=O)C(=O)C(C)(C)C. The highest BCUT2D eigenvalue weighted by atomic mass is 16.2. The molecule has 0 aromatic carbocycles. The van der Waals surface area contributed by atoms with E-state index in [0.717, 1.165) is 0 Å². The summed E-state index contributed by atoms with van der Waals surface area (Å²) in [5.74, 6) is -1.35. The number of Topliss-reactive ketones (excluding diaryl/α,β-unsaturated/α-hetero) is 1. The second-order valence-electron chi connectivity index (χ2n) is 7.65. The van der Waals surface area contributed by atoms with Crippen LogP contribution in [0.1, 0.15) is 53.4 Å². The standard InChI is InChI=1S/C19H29N3O5/c1-13(18(27)19(2,3)4)21-15(24)12-20-14(23)8-6-5-7-11-22-16(25)9-10-17(22)26/h9-10,13H,5-8,11-12H2,1-4H3,(H,20,23)(H,21,24). The van der Waals surface area contributed by atoms with Gasteiger partial charge in [-0.15, -0.1) is 0 Å². The molecule has 0 fully saturated rings. The number of hydrogen-bond donors (Lipinski definition) is 2. The van der Waals surface area contributed by atoms with Gasteiger partial charge in [0.15, 0.2) is 5.78 Å². The molecule has 1 atom stereocenters. The Balaban J connectivity index is 2.15. The lowest BCUT2D eigenvalue weighted by Gasteiger charge is -2.22. The summed E-state index contributed by atoms with van der Waals surface area (Å²) in [6, 6.07) is -0.611. The number of nitrogens with zero attached hydrogens (tertiary/aromatic N) is 1. The molecule has 0 bridgehead atoms. The number of amides is 4. The second kappa shape index (κ2) is 9.99. The molecule has 8 heteroatoms. The van der Waals surface area contributed by atoms with Crippen LogP contribution in [0.3, 0.4) is 0 Å². The first-order valence-corrected chi connectivity index (χ1v) is 9.16. The van der Waals surface area contributed by atoms with Crippen LogP contribution in [-0.2, 0) is 24.0 Å². The molecule has 2 N–H and O–H groups in total. The summed E-state index contributed by atoms with van der Waals surface area (Å²) >= 11 is 0. The molecule has 27 heavy (non-hydrogen) atoms. The van der Waals surface area contributed by atoms with Crippen molar-refractivity contribution in [3.63, 3.8) is 0 Å². The molecule has 0 aliphatic carbocycles. The molecule has 0 radical (unpaired) electrons. The number of carbonyl (C=O) groups excluding carboxylic acids is 5. The molecule has 1 heterocycles. The van der Waals surface area contributed by atoms with E-state index >= 15 is 0 Å². The molecule has 4 amide bonds. The fourth-order valence-electron chi connectivity index (χ4n) is 2.66. The van der Waals surface area contributed by atoms with E-state index in [1.807, 2.05) is 0 Å². The predicted octanol–water partition coefficient (Wildman–Crippen LogP) is 0.708. The Morgan fingerprint density at radius 2 is 1.59 bits per heavy atom. The Bertz CT molecular complexity index is 616. The Morgan fingerprint density at radius 3 is 2.15 bits per heavy atom. The van der Waals surface area contributed by atoms with Crippen LogP contribution in [0.5, 0.6) is 0 Å². The van der Waals surface area contributed by atoms with Crippen LogP contribution in [-0.4, -0.2) is 53.4 Å². The van der Waals surface area contributed by atoms with E-state index in [9.17, 15) is 24.0 Å². The van der Waals surface area contributed by atoms with Gasteiger partial charge in [-0.05, 0) is 19.8 Å². The van der Waals surface area contributed by atoms with Crippen LogP contribution in [0.25, 0.3) is 0 Å². The van der Waals surface area contributed by atoms with Crippen LogP contribution < -0.4 is 10.6 Å². The maximum absolute atomic E-state index is 12.0.